The van der Waals surface area contributed by atoms with Crippen LogP contribution in [0.2, 0.25) is 0 Å². The summed E-state index contributed by atoms with van der Waals surface area (Å²) in [5.74, 6) is -0.453. The summed E-state index contributed by atoms with van der Waals surface area (Å²) in [5, 5.41) is 9.20. The van der Waals surface area contributed by atoms with E-state index in [1.165, 1.54) is 4.90 Å². The molecule has 5 heteroatoms. The van der Waals surface area contributed by atoms with E-state index >= 15 is 0 Å². The Labute approximate surface area is 107 Å². The lowest BCUT2D eigenvalue weighted by molar-refractivity contribution is -0.142. The smallest absolute Gasteiger partial charge is 0.411 e. The lowest BCUT2D eigenvalue weighted by Gasteiger charge is -2.31. The molecule has 2 aliphatic rings. The third kappa shape index (κ3) is 2.76. The van der Waals surface area contributed by atoms with Crippen molar-refractivity contribution in [3.8, 4) is 0 Å². The fourth-order valence-electron chi connectivity index (χ4n) is 2.60. The Kier molecular flexibility index (Phi) is 3.25. The second-order valence-electron chi connectivity index (χ2n) is 6.22. The number of ether oxygens (including phenoxy) is 1. The molecule has 1 aliphatic carbocycles. The van der Waals surface area contributed by atoms with Crippen molar-refractivity contribution in [1.29, 1.82) is 0 Å². The van der Waals surface area contributed by atoms with Gasteiger partial charge < -0.3 is 9.84 Å². The van der Waals surface area contributed by atoms with Gasteiger partial charge in [0.2, 0.25) is 0 Å². The minimum absolute atomic E-state index is 0.0564. The Morgan fingerprint density at radius 3 is 2.22 bits per heavy atom. The minimum atomic E-state index is -0.927. The molecule has 2 fully saturated rings. The predicted molar refractivity (Wildman–Crippen MR) is 65.2 cm³/mol. The third-order valence-electron chi connectivity index (χ3n) is 3.48. The third-order valence-corrected chi connectivity index (χ3v) is 3.48. The van der Waals surface area contributed by atoms with E-state index in [4.69, 9.17) is 4.74 Å². The molecule has 2 rings (SSSR count). The quantitative estimate of drug-likeness (QED) is 0.821. The number of likely N-dealkylation sites (tertiary alicyclic amines) is 1. The van der Waals surface area contributed by atoms with Gasteiger partial charge in [-0.1, -0.05) is 0 Å². The van der Waals surface area contributed by atoms with Crippen LogP contribution in [-0.4, -0.2) is 39.8 Å². The molecular weight excluding hydrogens is 234 g/mol. The summed E-state index contributed by atoms with van der Waals surface area (Å²) >= 11 is 0. The number of carbonyl (C=O) groups is 2. The molecule has 1 amide bonds. The zero-order valence-corrected chi connectivity index (χ0v) is 11.2. The zero-order valence-electron chi connectivity index (χ0n) is 11.2. The van der Waals surface area contributed by atoms with E-state index in [1.54, 1.807) is 20.8 Å². The van der Waals surface area contributed by atoms with Crippen molar-refractivity contribution in [2.45, 2.75) is 64.1 Å². The largest absolute Gasteiger partial charge is 0.480 e. The Bertz CT molecular complexity index is 356. The van der Waals surface area contributed by atoms with Crippen LogP contribution >= 0.6 is 0 Å². The maximum Gasteiger partial charge on any atom is 0.411 e. The topological polar surface area (TPSA) is 66.8 Å². The molecule has 0 radical (unpaired) electrons. The van der Waals surface area contributed by atoms with Crippen molar-refractivity contribution in [3.05, 3.63) is 0 Å². The Balaban J connectivity index is 2.12. The standard InChI is InChI=1S/C13H21NO4/c1-13(2,3)18-12(17)14-9(8-4-5-8)6-7-10(14)11(15)16/h8-10H,4-7H2,1-3H3,(H,15,16)/t9-,10-/m0/s1. The highest BCUT2D eigenvalue weighted by Gasteiger charge is 2.48. The maximum absolute atomic E-state index is 12.2. The molecule has 1 saturated heterocycles. The second kappa shape index (κ2) is 4.44. The highest BCUT2D eigenvalue weighted by molar-refractivity contribution is 5.81. The molecule has 0 bridgehead atoms. The van der Waals surface area contributed by atoms with Crippen LogP contribution in [0.3, 0.4) is 0 Å². The molecule has 2 atom stereocenters. The van der Waals surface area contributed by atoms with Crippen LogP contribution in [0.5, 0.6) is 0 Å². The van der Waals surface area contributed by atoms with Gasteiger partial charge in [-0.15, -0.1) is 0 Å². The Morgan fingerprint density at radius 1 is 1.17 bits per heavy atom. The molecule has 1 N–H and O–H groups in total. The van der Waals surface area contributed by atoms with Crippen LogP contribution in [-0.2, 0) is 9.53 Å². The predicted octanol–water partition coefficient (Wildman–Crippen LogP) is 2.25. The van der Waals surface area contributed by atoms with Crippen LogP contribution in [0.15, 0.2) is 0 Å². The SMILES string of the molecule is CC(C)(C)OC(=O)N1[C@H](C(=O)O)CC[C@H]1C1CC1. The molecule has 5 nitrogen and oxygen atoms in total. The molecule has 1 heterocycles. The molecule has 0 unspecified atom stereocenters. The average Bonchev–Trinajstić information content (AvgIpc) is 2.93. The van der Waals surface area contributed by atoms with Crippen molar-refractivity contribution in [2.75, 3.05) is 0 Å². The van der Waals surface area contributed by atoms with Gasteiger partial charge in [-0.3, -0.25) is 4.90 Å². The first-order valence-electron chi connectivity index (χ1n) is 6.54. The first-order valence-corrected chi connectivity index (χ1v) is 6.54. The van der Waals surface area contributed by atoms with Gasteiger partial charge in [-0.25, -0.2) is 9.59 Å². The van der Waals surface area contributed by atoms with Gasteiger partial charge in [0, 0.05) is 6.04 Å². The van der Waals surface area contributed by atoms with E-state index in [-0.39, 0.29) is 6.04 Å². The number of aliphatic carboxylic acids is 1. The van der Waals surface area contributed by atoms with E-state index in [1.807, 2.05) is 0 Å². The first-order chi connectivity index (χ1) is 8.29. The normalized spacial score (nSPS) is 28.3. The highest BCUT2D eigenvalue weighted by Crippen LogP contribution is 2.42. The monoisotopic (exact) mass is 255 g/mol. The lowest BCUT2D eigenvalue weighted by Crippen LogP contribution is -2.47. The fraction of sp³-hybridized carbons (Fsp3) is 0.846. The van der Waals surface area contributed by atoms with Gasteiger partial charge in [0.1, 0.15) is 11.6 Å². The van der Waals surface area contributed by atoms with Gasteiger partial charge in [0.05, 0.1) is 0 Å². The molecule has 0 aromatic carbocycles. The molecule has 0 aromatic rings. The Hall–Kier alpha value is -1.26. The molecule has 102 valence electrons. The van der Waals surface area contributed by atoms with E-state index in [9.17, 15) is 14.7 Å². The first kappa shape index (κ1) is 13.2. The minimum Gasteiger partial charge on any atom is -0.480 e. The van der Waals surface area contributed by atoms with Crippen LogP contribution in [0.25, 0.3) is 0 Å². The summed E-state index contributed by atoms with van der Waals surface area (Å²) < 4.78 is 5.33. The van der Waals surface area contributed by atoms with Gasteiger partial charge in [0.25, 0.3) is 0 Å². The zero-order chi connectivity index (χ0) is 13.5. The molecular formula is C13H21NO4. The number of hydrogen-bond acceptors (Lipinski definition) is 3. The van der Waals surface area contributed by atoms with Crippen LogP contribution < -0.4 is 0 Å². The Morgan fingerprint density at radius 2 is 1.78 bits per heavy atom. The van der Waals surface area contributed by atoms with E-state index in [0.717, 1.165) is 19.3 Å². The summed E-state index contributed by atoms with van der Waals surface area (Å²) in [5.41, 5.74) is -0.586. The van der Waals surface area contributed by atoms with Crippen molar-refractivity contribution >= 4 is 12.1 Å². The van der Waals surface area contributed by atoms with Crippen LogP contribution in [0, 0.1) is 5.92 Å². The van der Waals surface area contributed by atoms with Crippen molar-refractivity contribution in [2.24, 2.45) is 5.92 Å². The summed E-state index contributed by atoms with van der Waals surface area (Å²) in [6.45, 7) is 5.38. The molecule has 0 spiro atoms. The number of nitrogens with zero attached hydrogens (tertiary/aromatic N) is 1. The highest BCUT2D eigenvalue weighted by atomic mass is 16.6. The van der Waals surface area contributed by atoms with Gasteiger partial charge in [-0.05, 0) is 52.4 Å². The van der Waals surface area contributed by atoms with Crippen molar-refractivity contribution < 1.29 is 19.4 Å². The molecule has 0 aromatic heterocycles. The van der Waals surface area contributed by atoms with E-state index in [2.05, 4.69) is 0 Å². The van der Waals surface area contributed by atoms with Crippen LogP contribution in [0.4, 0.5) is 4.79 Å². The summed E-state index contributed by atoms with van der Waals surface area (Å²) in [7, 11) is 0. The fourth-order valence-corrected chi connectivity index (χ4v) is 2.60. The lowest BCUT2D eigenvalue weighted by atomic mass is 10.1. The molecule has 18 heavy (non-hydrogen) atoms. The number of carbonyl (C=O) groups excluding carboxylic acids is 1. The van der Waals surface area contributed by atoms with Gasteiger partial charge in [-0.2, -0.15) is 0 Å². The second-order valence-corrected chi connectivity index (χ2v) is 6.22. The van der Waals surface area contributed by atoms with Gasteiger partial charge in [0.15, 0.2) is 0 Å². The summed E-state index contributed by atoms with van der Waals surface area (Å²) in [6.07, 6.45) is 3.02. The van der Waals surface area contributed by atoms with Crippen LogP contribution in [0.1, 0.15) is 46.5 Å². The maximum atomic E-state index is 12.2. The van der Waals surface area contributed by atoms with E-state index < -0.39 is 23.7 Å². The number of hydrogen-bond donors (Lipinski definition) is 1. The number of rotatable bonds is 2. The number of carboxylic acids is 1. The molecule has 1 saturated carbocycles. The van der Waals surface area contributed by atoms with Crippen molar-refractivity contribution in [1.82, 2.24) is 4.90 Å². The summed E-state index contributed by atoms with van der Waals surface area (Å²) in [6, 6.07) is -0.661. The average molecular weight is 255 g/mol. The number of carboxylic acid groups (broad SMARTS) is 1. The molecule has 1 aliphatic heterocycles. The summed E-state index contributed by atoms with van der Waals surface area (Å²) in [4.78, 5) is 24.8. The van der Waals surface area contributed by atoms with Gasteiger partial charge >= 0.3 is 12.1 Å². The number of amides is 1. The van der Waals surface area contributed by atoms with Crippen molar-refractivity contribution in [3.63, 3.8) is 0 Å². The van der Waals surface area contributed by atoms with E-state index in [0.29, 0.717) is 12.3 Å².